The molecule has 0 amide bonds. The molecule has 0 radical (unpaired) electrons. The number of piperazine rings is 1. The second-order valence-electron chi connectivity index (χ2n) is 2.71. The van der Waals surface area contributed by atoms with Crippen LogP contribution in [0.2, 0.25) is 0 Å². The van der Waals surface area contributed by atoms with Crippen LogP contribution in [0, 0.1) is 0 Å². The zero-order valence-electron chi connectivity index (χ0n) is 8.27. The van der Waals surface area contributed by atoms with Crippen molar-refractivity contribution >= 4 is 0 Å². The van der Waals surface area contributed by atoms with Gasteiger partial charge >= 0.3 is 0 Å². The number of hydrogen-bond acceptors (Lipinski definition) is 1. The third-order valence-electron chi connectivity index (χ3n) is 1.84. The molecule has 11 heavy (non-hydrogen) atoms. The molecule has 1 fully saturated rings. The molecule has 0 aromatic rings. The smallest absolute Gasteiger partial charge is 0.0885 e. The van der Waals surface area contributed by atoms with E-state index in [1.165, 1.54) is 39.1 Å². The zero-order chi connectivity index (χ0) is 8.53. The lowest BCUT2D eigenvalue weighted by molar-refractivity contribution is -0.663. The van der Waals surface area contributed by atoms with Crippen molar-refractivity contribution in [2.75, 3.05) is 32.7 Å². The minimum absolute atomic E-state index is 1.30. The molecule has 0 spiro atoms. The van der Waals surface area contributed by atoms with E-state index in [4.69, 9.17) is 0 Å². The molecule has 1 aliphatic heterocycles. The van der Waals surface area contributed by atoms with Gasteiger partial charge in [0.1, 0.15) is 0 Å². The van der Waals surface area contributed by atoms with E-state index in [9.17, 15) is 0 Å². The van der Waals surface area contributed by atoms with E-state index < -0.39 is 0 Å². The van der Waals surface area contributed by atoms with Crippen LogP contribution in [0.15, 0.2) is 0 Å². The van der Waals surface area contributed by atoms with Crippen LogP contribution in [0.4, 0.5) is 0 Å². The van der Waals surface area contributed by atoms with E-state index in [1.54, 1.807) is 0 Å². The molecule has 0 saturated carbocycles. The van der Waals surface area contributed by atoms with Gasteiger partial charge in [-0.2, -0.15) is 0 Å². The average molecular weight is 159 g/mol. The van der Waals surface area contributed by atoms with Gasteiger partial charge in [-0.1, -0.05) is 20.8 Å². The molecular weight excluding hydrogens is 136 g/mol. The van der Waals surface area contributed by atoms with Crippen molar-refractivity contribution in [3.63, 3.8) is 0 Å². The summed E-state index contributed by atoms with van der Waals surface area (Å²) in [6.07, 6.45) is 1.31. The van der Waals surface area contributed by atoms with Crippen LogP contribution < -0.4 is 5.32 Å². The van der Waals surface area contributed by atoms with Crippen LogP contribution in [-0.2, 0) is 0 Å². The first-order valence-corrected chi connectivity index (χ1v) is 4.97. The van der Waals surface area contributed by atoms with Crippen molar-refractivity contribution in [1.82, 2.24) is 4.90 Å². The van der Waals surface area contributed by atoms with Gasteiger partial charge in [-0.05, 0) is 13.0 Å². The van der Waals surface area contributed by atoms with Gasteiger partial charge in [-0.15, -0.1) is 0 Å². The van der Waals surface area contributed by atoms with Crippen LogP contribution in [-0.4, -0.2) is 37.6 Å². The summed E-state index contributed by atoms with van der Waals surface area (Å²) in [5, 5.41) is 2.40. The van der Waals surface area contributed by atoms with Crippen molar-refractivity contribution in [1.29, 1.82) is 0 Å². The van der Waals surface area contributed by atoms with Gasteiger partial charge in [-0.3, -0.25) is 4.90 Å². The number of nitrogens with two attached hydrogens (primary N) is 1. The monoisotopic (exact) mass is 159 g/mol. The van der Waals surface area contributed by atoms with Crippen molar-refractivity contribution in [3.05, 3.63) is 0 Å². The predicted molar refractivity (Wildman–Crippen MR) is 49.7 cm³/mol. The number of nitrogens with zero attached hydrogens (tertiary/aromatic N) is 1. The third kappa shape index (κ3) is 5.22. The van der Waals surface area contributed by atoms with Gasteiger partial charge in [0.15, 0.2) is 0 Å². The fourth-order valence-electron chi connectivity index (χ4n) is 1.34. The Kier molecular flexibility index (Phi) is 7.96. The summed E-state index contributed by atoms with van der Waals surface area (Å²) >= 11 is 0. The highest BCUT2D eigenvalue weighted by Gasteiger charge is 2.09. The Bertz CT molecular complexity index is 65.2. The molecule has 68 valence electrons. The van der Waals surface area contributed by atoms with E-state index in [0.29, 0.717) is 0 Å². The lowest BCUT2D eigenvalue weighted by atomic mass is 10.3. The van der Waals surface area contributed by atoms with E-state index in [0.717, 1.165) is 0 Å². The molecule has 2 heteroatoms. The van der Waals surface area contributed by atoms with Crippen LogP contribution in [0.5, 0.6) is 0 Å². The average Bonchev–Trinajstić information content (AvgIpc) is 2.11. The molecule has 0 unspecified atom stereocenters. The highest BCUT2D eigenvalue weighted by molar-refractivity contribution is 4.56. The molecule has 2 N–H and O–H groups in total. The Morgan fingerprint density at radius 2 is 1.73 bits per heavy atom. The second kappa shape index (κ2) is 8.02. The Morgan fingerprint density at radius 3 is 2.18 bits per heavy atom. The van der Waals surface area contributed by atoms with Crippen molar-refractivity contribution < 1.29 is 5.32 Å². The van der Waals surface area contributed by atoms with Gasteiger partial charge in [0.2, 0.25) is 0 Å². The fraction of sp³-hybridized carbons (Fsp3) is 1.00. The summed E-state index contributed by atoms with van der Waals surface area (Å²) in [5.41, 5.74) is 0. The largest absolute Gasteiger partial charge is 0.344 e. The summed E-state index contributed by atoms with van der Waals surface area (Å²) in [7, 11) is 0. The minimum Gasteiger partial charge on any atom is -0.344 e. The van der Waals surface area contributed by atoms with E-state index in [1.807, 2.05) is 13.8 Å². The van der Waals surface area contributed by atoms with Crippen molar-refractivity contribution in [2.24, 2.45) is 0 Å². The third-order valence-corrected chi connectivity index (χ3v) is 1.84. The number of hydrogen-bond donors (Lipinski definition) is 1. The summed E-state index contributed by atoms with van der Waals surface area (Å²) in [6, 6.07) is 0. The molecule has 1 aliphatic rings. The second-order valence-corrected chi connectivity index (χ2v) is 2.71. The normalized spacial score (nSPS) is 18.8. The van der Waals surface area contributed by atoms with Crippen LogP contribution in [0.3, 0.4) is 0 Å². The Balaban J connectivity index is 0.000000461. The quantitative estimate of drug-likeness (QED) is 0.614. The van der Waals surface area contributed by atoms with E-state index >= 15 is 0 Å². The number of quaternary nitrogens is 1. The molecule has 0 aromatic heterocycles. The van der Waals surface area contributed by atoms with Gasteiger partial charge in [0, 0.05) is 13.1 Å². The first-order chi connectivity index (χ1) is 5.43. The SMILES string of the molecule is CC.CCCN1CC[NH2+]CC1. The summed E-state index contributed by atoms with van der Waals surface area (Å²) < 4.78 is 0. The molecule has 0 aliphatic carbocycles. The molecule has 1 heterocycles. The highest BCUT2D eigenvalue weighted by atomic mass is 15.2. The maximum absolute atomic E-state index is 2.54. The Labute approximate surface area is 71.0 Å². The fourth-order valence-corrected chi connectivity index (χ4v) is 1.34. The lowest BCUT2D eigenvalue weighted by Gasteiger charge is -2.23. The van der Waals surface area contributed by atoms with Gasteiger partial charge in [0.05, 0.1) is 13.1 Å². The van der Waals surface area contributed by atoms with Gasteiger partial charge in [0.25, 0.3) is 0 Å². The van der Waals surface area contributed by atoms with Gasteiger partial charge < -0.3 is 5.32 Å². The standard InChI is InChI=1S/C7H16N2.C2H6/c1-2-5-9-6-3-8-4-7-9;1-2/h8H,2-7H2,1H3;1-2H3/p+1. The molecule has 0 bridgehead atoms. The predicted octanol–water partition coefficient (Wildman–Crippen LogP) is 0.302. The van der Waals surface area contributed by atoms with E-state index in [-0.39, 0.29) is 0 Å². The minimum atomic E-state index is 1.30. The van der Waals surface area contributed by atoms with Crippen LogP contribution >= 0.6 is 0 Å². The molecule has 0 atom stereocenters. The molecule has 0 aromatic carbocycles. The van der Waals surface area contributed by atoms with Gasteiger partial charge in [-0.25, -0.2) is 0 Å². The number of rotatable bonds is 2. The van der Waals surface area contributed by atoms with Crippen LogP contribution in [0.25, 0.3) is 0 Å². The van der Waals surface area contributed by atoms with Crippen molar-refractivity contribution in [2.45, 2.75) is 27.2 Å². The van der Waals surface area contributed by atoms with E-state index in [2.05, 4.69) is 17.1 Å². The first-order valence-electron chi connectivity index (χ1n) is 4.97. The van der Waals surface area contributed by atoms with Crippen molar-refractivity contribution in [3.8, 4) is 0 Å². The maximum atomic E-state index is 2.54. The zero-order valence-corrected chi connectivity index (χ0v) is 8.27. The molecule has 1 rings (SSSR count). The Morgan fingerprint density at radius 1 is 1.18 bits per heavy atom. The summed E-state index contributed by atoms with van der Waals surface area (Å²) in [5.74, 6) is 0. The summed E-state index contributed by atoms with van der Waals surface area (Å²) in [4.78, 5) is 2.54. The lowest BCUT2D eigenvalue weighted by Crippen LogP contribution is -2.89. The molecule has 1 saturated heterocycles. The van der Waals surface area contributed by atoms with Crippen LogP contribution in [0.1, 0.15) is 27.2 Å². The summed E-state index contributed by atoms with van der Waals surface area (Å²) in [6.45, 7) is 12.8. The molecular formula is C9H23N2+. The first kappa shape index (κ1) is 10.9. The Hall–Kier alpha value is -0.0800. The topological polar surface area (TPSA) is 19.9 Å². The highest BCUT2D eigenvalue weighted by Crippen LogP contribution is 1.89. The molecule has 2 nitrogen and oxygen atoms in total. The maximum Gasteiger partial charge on any atom is 0.0885 e.